The first-order valence-corrected chi connectivity index (χ1v) is 4.95. The number of rotatable bonds is 1. The molecule has 1 fully saturated rings. The smallest absolute Gasteiger partial charge is 0 e. The molecule has 14 heavy (non-hydrogen) atoms. The molecule has 1 aromatic rings. The monoisotopic (exact) mass is 263 g/mol. The molecule has 1 nitrogen and oxygen atoms in total. The maximum Gasteiger partial charge on any atom is 0 e. The normalized spacial score (nSPS) is 25.1. The van der Waals surface area contributed by atoms with Crippen molar-refractivity contribution in [2.75, 3.05) is 0 Å². The van der Waals surface area contributed by atoms with Crippen molar-refractivity contribution >= 4 is 0 Å². The van der Waals surface area contributed by atoms with Crippen molar-refractivity contribution in [2.24, 2.45) is 0 Å². The van der Waals surface area contributed by atoms with Crippen molar-refractivity contribution in [1.82, 2.24) is 0 Å². The molecule has 1 saturated carbocycles. The van der Waals surface area contributed by atoms with Crippen LogP contribution in [0.4, 0.5) is 0 Å². The summed E-state index contributed by atoms with van der Waals surface area (Å²) in [5, 5.41) is 0. The van der Waals surface area contributed by atoms with Gasteiger partial charge in [-0.1, -0.05) is 36.6 Å². The van der Waals surface area contributed by atoms with E-state index in [-0.39, 0.29) is 38.8 Å². The molecule has 0 saturated heterocycles. The zero-order valence-corrected chi connectivity index (χ0v) is 11.7. The SMILES string of the molecule is Cc1ccc(C2CC([NH-])C2)c(C)c1.[Y]. The van der Waals surface area contributed by atoms with Crippen LogP contribution in [-0.2, 0) is 32.7 Å². The van der Waals surface area contributed by atoms with Gasteiger partial charge in [-0.3, -0.25) is 0 Å². The van der Waals surface area contributed by atoms with E-state index in [2.05, 4.69) is 32.0 Å². The maximum atomic E-state index is 7.51. The van der Waals surface area contributed by atoms with Crippen LogP contribution in [0.2, 0.25) is 0 Å². The Morgan fingerprint density at radius 1 is 1.21 bits per heavy atom. The van der Waals surface area contributed by atoms with E-state index in [0.29, 0.717) is 5.92 Å². The number of hydrogen-bond acceptors (Lipinski definition) is 0. The molecule has 1 aromatic carbocycles. The molecule has 0 unspecified atom stereocenters. The van der Waals surface area contributed by atoms with E-state index in [0.717, 1.165) is 12.8 Å². The number of aryl methyl sites for hydroxylation is 2. The third-order valence-corrected chi connectivity index (χ3v) is 3.00. The number of hydrogen-bond donors (Lipinski definition) is 0. The predicted molar refractivity (Wildman–Crippen MR) is 56.0 cm³/mol. The molecular weight excluding hydrogens is 247 g/mol. The van der Waals surface area contributed by atoms with Crippen LogP contribution in [0, 0.1) is 13.8 Å². The standard InChI is InChI=1S/C12H16N.Y/c1-8-3-4-12(9(2)5-8)10-6-11(13)7-10;/h3-5,10-11,13H,6-7H2,1-2H3;/q-1;. The molecule has 73 valence electrons. The van der Waals surface area contributed by atoms with Gasteiger partial charge in [0, 0.05) is 32.7 Å². The van der Waals surface area contributed by atoms with Crippen molar-refractivity contribution in [3.8, 4) is 0 Å². The van der Waals surface area contributed by atoms with E-state index < -0.39 is 0 Å². The molecule has 2 heteroatoms. The first-order chi connectivity index (χ1) is 6.16. The van der Waals surface area contributed by atoms with Gasteiger partial charge in [0.2, 0.25) is 0 Å². The Morgan fingerprint density at radius 3 is 2.36 bits per heavy atom. The largest absolute Gasteiger partial charge is 0.675 e. The van der Waals surface area contributed by atoms with Crippen LogP contribution in [0.3, 0.4) is 0 Å². The Morgan fingerprint density at radius 2 is 1.86 bits per heavy atom. The molecule has 0 spiro atoms. The maximum absolute atomic E-state index is 7.51. The molecule has 1 N–H and O–H groups in total. The minimum absolute atomic E-state index is 0. The molecule has 0 bridgehead atoms. The Hall–Kier alpha value is 0.284. The van der Waals surface area contributed by atoms with Crippen LogP contribution < -0.4 is 0 Å². The molecule has 0 heterocycles. The summed E-state index contributed by atoms with van der Waals surface area (Å²) in [6.07, 6.45) is 2.12. The molecule has 1 radical (unpaired) electrons. The summed E-state index contributed by atoms with van der Waals surface area (Å²) in [6, 6.07) is 6.86. The third kappa shape index (κ3) is 2.45. The minimum Gasteiger partial charge on any atom is -0.675 e. The number of nitrogens with one attached hydrogen (secondary N) is 1. The Balaban J connectivity index is 0.000000980. The summed E-state index contributed by atoms with van der Waals surface area (Å²) < 4.78 is 0. The van der Waals surface area contributed by atoms with Gasteiger partial charge in [0.1, 0.15) is 0 Å². The third-order valence-electron chi connectivity index (χ3n) is 3.00. The number of benzene rings is 1. The van der Waals surface area contributed by atoms with Crippen molar-refractivity contribution in [1.29, 1.82) is 0 Å². The first kappa shape index (κ1) is 12.4. The van der Waals surface area contributed by atoms with E-state index in [1.54, 1.807) is 0 Å². The summed E-state index contributed by atoms with van der Waals surface area (Å²) >= 11 is 0. The Bertz CT molecular complexity index is 316. The van der Waals surface area contributed by atoms with Crippen molar-refractivity contribution in [2.45, 2.75) is 38.6 Å². The second kappa shape index (κ2) is 4.87. The molecule has 0 aliphatic heterocycles. The zero-order chi connectivity index (χ0) is 9.42. The molecule has 1 aliphatic rings. The van der Waals surface area contributed by atoms with Gasteiger partial charge in [-0.05, 0) is 30.9 Å². The van der Waals surface area contributed by atoms with E-state index in [9.17, 15) is 0 Å². The van der Waals surface area contributed by atoms with E-state index in [4.69, 9.17) is 5.73 Å². The molecule has 0 atom stereocenters. The van der Waals surface area contributed by atoms with Gasteiger partial charge < -0.3 is 5.73 Å². The van der Waals surface area contributed by atoms with Crippen LogP contribution in [0.5, 0.6) is 0 Å². The Labute approximate surface area is 111 Å². The quantitative estimate of drug-likeness (QED) is 0.739. The minimum atomic E-state index is 0. The van der Waals surface area contributed by atoms with Crippen LogP contribution in [0.15, 0.2) is 18.2 Å². The van der Waals surface area contributed by atoms with E-state index in [1.807, 2.05) is 0 Å². The fraction of sp³-hybridized carbons (Fsp3) is 0.500. The summed E-state index contributed by atoms with van der Waals surface area (Å²) in [7, 11) is 0. The molecule has 1 aliphatic carbocycles. The van der Waals surface area contributed by atoms with Gasteiger partial charge in [0.05, 0.1) is 0 Å². The Kier molecular flexibility index (Phi) is 4.30. The van der Waals surface area contributed by atoms with E-state index >= 15 is 0 Å². The van der Waals surface area contributed by atoms with Crippen LogP contribution in [0.1, 0.15) is 35.4 Å². The zero-order valence-electron chi connectivity index (χ0n) is 8.88. The average molecular weight is 263 g/mol. The topological polar surface area (TPSA) is 23.8 Å². The van der Waals surface area contributed by atoms with Crippen LogP contribution >= 0.6 is 0 Å². The van der Waals surface area contributed by atoms with Crippen molar-refractivity contribution < 1.29 is 32.7 Å². The van der Waals surface area contributed by atoms with Gasteiger partial charge in [-0.15, -0.1) is 6.04 Å². The molecule has 0 amide bonds. The summed E-state index contributed by atoms with van der Waals surface area (Å²) in [5.41, 5.74) is 11.7. The van der Waals surface area contributed by atoms with Gasteiger partial charge in [-0.25, -0.2) is 0 Å². The van der Waals surface area contributed by atoms with Crippen molar-refractivity contribution in [3.05, 3.63) is 40.6 Å². The molecular formula is C12H16NY-. The second-order valence-corrected chi connectivity index (χ2v) is 4.23. The van der Waals surface area contributed by atoms with Gasteiger partial charge in [-0.2, -0.15) is 0 Å². The first-order valence-electron chi connectivity index (χ1n) is 4.95. The van der Waals surface area contributed by atoms with E-state index in [1.165, 1.54) is 16.7 Å². The summed E-state index contributed by atoms with van der Waals surface area (Å²) in [5.74, 6) is 0.670. The fourth-order valence-electron chi connectivity index (χ4n) is 2.16. The average Bonchev–Trinajstić information content (AvgIpc) is 2.00. The van der Waals surface area contributed by atoms with Gasteiger partial charge in [0.25, 0.3) is 0 Å². The van der Waals surface area contributed by atoms with Crippen LogP contribution in [0.25, 0.3) is 5.73 Å². The molecule has 0 aromatic heterocycles. The summed E-state index contributed by atoms with van der Waals surface area (Å²) in [6.45, 7) is 4.31. The van der Waals surface area contributed by atoms with Crippen LogP contribution in [-0.4, -0.2) is 6.04 Å². The van der Waals surface area contributed by atoms with Gasteiger partial charge in [0.15, 0.2) is 0 Å². The summed E-state index contributed by atoms with van der Waals surface area (Å²) in [4.78, 5) is 0. The van der Waals surface area contributed by atoms with Crippen molar-refractivity contribution in [3.63, 3.8) is 0 Å². The van der Waals surface area contributed by atoms with Gasteiger partial charge >= 0.3 is 0 Å². The molecule has 2 rings (SSSR count). The predicted octanol–water partition coefficient (Wildman–Crippen LogP) is 3.60. The fourth-order valence-corrected chi connectivity index (χ4v) is 2.16. The second-order valence-electron chi connectivity index (χ2n) is 4.23.